The molecule has 0 bridgehead atoms. The van der Waals surface area contributed by atoms with Crippen LogP contribution in [0.15, 0.2) is 35.5 Å². The predicted octanol–water partition coefficient (Wildman–Crippen LogP) is 1.06. The van der Waals surface area contributed by atoms with Gasteiger partial charge in [0.2, 0.25) is 11.6 Å². The summed E-state index contributed by atoms with van der Waals surface area (Å²) in [6, 6.07) is 3.56. The van der Waals surface area contributed by atoms with Crippen LogP contribution in [0.5, 0.6) is 0 Å². The standard InChI is InChI=1S/C16H14FN5O2/c17-15-11(10-2-6-22-14(7-10)19-9-20-22)1-4-18-16(15)21-5-3-12(23)13(24)8-21/h2,6-7,9H,1,3-5,8H2. The first-order valence-electron chi connectivity index (χ1n) is 7.67. The Balaban J connectivity index is 1.69. The number of amidine groups is 1. The molecule has 122 valence electrons. The summed E-state index contributed by atoms with van der Waals surface area (Å²) < 4.78 is 16.6. The monoisotopic (exact) mass is 327 g/mol. The summed E-state index contributed by atoms with van der Waals surface area (Å²) in [7, 11) is 0. The number of pyridine rings is 1. The molecule has 1 fully saturated rings. The molecule has 0 aliphatic carbocycles. The molecule has 0 spiro atoms. The van der Waals surface area contributed by atoms with Gasteiger partial charge in [-0.2, -0.15) is 5.10 Å². The minimum atomic E-state index is -0.492. The summed E-state index contributed by atoms with van der Waals surface area (Å²) in [4.78, 5) is 32.9. The van der Waals surface area contributed by atoms with E-state index in [4.69, 9.17) is 0 Å². The first-order valence-corrected chi connectivity index (χ1v) is 7.67. The molecule has 0 saturated carbocycles. The van der Waals surface area contributed by atoms with Crippen LogP contribution in [0.2, 0.25) is 0 Å². The number of fused-ring (bicyclic) bond motifs is 1. The van der Waals surface area contributed by atoms with Crippen LogP contribution in [0.25, 0.3) is 11.2 Å². The van der Waals surface area contributed by atoms with Crippen LogP contribution in [0.4, 0.5) is 4.39 Å². The predicted molar refractivity (Wildman–Crippen MR) is 84.1 cm³/mol. The van der Waals surface area contributed by atoms with Gasteiger partial charge >= 0.3 is 0 Å². The Hall–Kier alpha value is -2.90. The van der Waals surface area contributed by atoms with Gasteiger partial charge in [0, 0.05) is 31.3 Å². The second-order valence-electron chi connectivity index (χ2n) is 5.74. The van der Waals surface area contributed by atoms with E-state index in [1.807, 2.05) is 0 Å². The van der Waals surface area contributed by atoms with Gasteiger partial charge in [0.15, 0.2) is 17.3 Å². The van der Waals surface area contributed by atoms with Crippen molar-refractivity contribution in [2.24, 2.45) is 4.99 Å². The quantitative estimate of drug-likeness (QED) is 0.732. The van der Waals surface area contributed by atoms with E-state index in [0.29, 0.717) is 30.7 Å². The van der Waals surface area contributed by atoms with Crippen molar-refractivity contribution in [3.8, 4) is 0 Å². The van der Waals surface area contributed by atoms with Crippen molar-refractivity contribution in [1.29, 1.82) is 0 Å². The number of piperidine rings is 1. The number of carbonyl (C=O) groups is 2. The third-order valence-corrected chi connectivity index (χ3v) is 4.27. The molecular formula is C16H14FN5O2. The van der Waals surface area contributed by atoms with Gasteiger partial charge in [0.05, 0.1) is 6.54 Å². The highest BCUT2D eigenvalue weighted by Gasteiger charge is 2.30. The van der Waals surface area contributed by atoms with Gasteiger partial charge in [-0.25, -0.2) is 13.9 Å². The molecule has 24 heavy (non-hydrogen) atoms. The highest BCUT2D eigenvalue weighted by molar-refractivity contribution is 6.39. The van der Waals surface area contributed by atoms with Crippen molar-refractivity contribution in [3.63, 3.8) is 0 Å². The first kappa shape index (κ1) is 14.7. The van der Waals surface area contributed by atoms with E-state index in [-0.39, 0.29) is 18.8 Å². The molecule has 0 atom stereocenters. The van der Waals surface area contributed by atoms with Gasteiger partial charge in [-0.05, 0) is 24.1 Å². The minimum absolute atomic E-state index is 0.103. The third-order valence-electron chi connectivity index (χ3n) is 4.27. The number of halogens is 1. The molecule has 1 saturated heterocycles. The Kier molecular flexibility index (Phi) is 3.44. The molecule has 4 heterocycles. The van der Waals surface area contributed by atoms with Gasteiger partial charge in [0.25, 0.3) is 0 Å². The van der Waals surface area contributed by atoms with Crippen molar-refractivity contribution < 1.29 is 14.0 Å². The third kappa shape index (κ3) is 2.40. The van der Waals surface area contributed by atoms with Crippen LogP contribution in [-0.4, -0.2) is 56.5 Å². The highest BCUT2D eigenvalue weighted by Crippen LogP contribution is 2.29. The molecule has 2 aromatic heterocycles. The number of likely N-dealkylation sites (tertiary alicyclic amines) is 1. The smallest absolute Gasteiger partial charge is 0.217 e. The second kappa shape index (κ2) is 5.63. The molecule has 0 unspecified atom stereocenters. The van der Waals surface area contributed by atoms with Crippen molar-refractivity contribution in [1.82, 2.24) is 19.5 Å². The van der Waals surface area contributed by atoms with E-state index in [1.165, 1.54) is 6.33 Å². The number of aliphatic imine (C=N–C) groups is 1. The molecule has 4 rings (SSSR count). The zero-order valence-electron chi connectivity index (χ0n) is 12.8. The molecule has 0 radical (unpaired) electrons. The summed E-state index contributed by atoms with van der Waals surface area (Å²) in [5, 5.41) is 4.02. The van der Waals surface area contributed by atoms with Gasteiger partial charge in [-0.1, -0.05) is 0 Å². The van der Waals surface area contributed by atoms with E-state index in [9.17, 15) is 9.59 Å². The maximum absolute atomic E-state index is 15.0. The summed E-state index contributed by atoms with van der Waals surface area (Å²) >= 11 is 0. The number of Topliss-reactive ketones (excluding diaryl/α,β-unsaturated/α-hetero) is 2. The lowest BCUT2D eigenvalue weighted by molar-refractivity contribution is -0.138. The van der Waals surface area contributed by atoms with E-state index in [0.717, 1.165) is 5.56 Å². The molecule has 2 aliphatic heterocycles. The van der Waals surface area contributed by atoms with Crippen molar-refractivity contribution in [3.05, 3.63) is 36.0 Å². The molecule has 0 amide bonds. The number of hydrogen-bond donors (Lipinski definition) is 0. The second-order valence-corrected chi connectivity index (χ2v) is 5.74. The van der Waals surface area contributed by atoms with Crippen LogP contribution in [-0.2, 0) is 9.59 Å². The van der Waals surface area contributed by atoms with Gasteiger partial charge in [-0.3, -0.25) is 14.6 Å². The van der Waals surface area contributed by atoms with Crippen LogP contribution in [0, 0.1) is 0 Å². The van der Waals surface area contributed by atoms with E-state index in [1.54, 1.807) is 27.7 Å². The average Bonchev–Trinajstić information content (AvgIpc) is 3.05. The molecular weight excluding hydrogens is 313 g/mol. The Morgan fingerprint density at radius 1 is 1.17 bits per heavy atom. The topological polar surface area (TPSA) is 79.9 Å². The Labute approximate surface area is 136 Å². The molecule has 2 aromatic rings. The van der Waals surface area contributed by atoms with Gasteiger partial charge in [-0.15, -0.1) is 0 Å². The highest BCUT2D eigenvalue weighted by atomic mass is 19.1. The summed E-state index contributed by atoms with van der Waals surface area (Å²) in [6.07, 6.45) is 3.74. The maximum atomic E-state index is 15.0. The SMILES string of the molecule is O=C1CCN(C2=NCCC(c3ccn4ncnc4c3)=C2F)CC1=O. The Bertz CT molecular complexity index is 914. The minimum Gasteiger partial charge on any atom is -0.346 e. The van der Waals surface area contributed by atoms with Crippen LogP contribution >= 0.6 is 0 Å². The largest absolute Gasteiger partial charge is 0.346 e. The lowest BCUT2D eigenvalue weighted by Gasteiger charge is -2.30. The number of dihydropyridines is 1. The molecule has 0 aromatic carbocycles. The van der Waals surface area contributed by atoms with Gasteiger partial charge < -0.3 is 4.90 Å². The number of aromatic nitrogens is 3. The van der Waals surface area contributed by atoms with Gasteiger partial charge in [0.1, 0.15) is 6.33 Å². The zero-order chi connectivity index (χ0) is 16.7. The molecule has 0 N–H and O–H groups in total. The van der Waals surface area contributed by atoms with Crippen molar-refractivity contribution in [2.45, 2.75) is 12.8 Å². The fourth-order valence-corrected chi connectivity index (χ4v) is 3.00. The molecule has 2 aliphatic rings. The number of ketones is 2. The van der Waals surface area contributed by atoms with E-state index in [2.05, 4.69) is 15.1 Å². The number of nitrogens with zero attached hydrogens (tertiary/aromatic N) is 5. The fourth-order valence-electron chi connectivity index (χ4n) is 3.00. The van der Waals surface area contributed by atoms with Crippen molar-refractivity contribution >= 4 is 28.6 Å². The molecule has 8 heteroatoms. The number of carbonyl (C=O) groups excluding carboxylic acids is 2. The van der Waals surface area contributed by atoms with Crippen LogP contribution in [0.1, 0.15) is 18.4 Å². The fraction of sp³-hybridized carbons (Fsp3) is 0.312. The van der Waals surface area contributed by atoms with E-state index >= 15 is 4.39 Å². The normalized spacial score (nSPS) is 19.2. The lowest BCUT2D eigenvalue weighted by Crippen LogP contribution is -2.45. The first-order chi connectivity index (χ1) is 11.6. The van der Waals surface area contributed by atoms with Crippen LogP contribution in [0.3, 0.4) is 0 Å². The summed E-state index contributed by atoms with van der Waals surface area (Å²) in [5.41, 5.74) is 1.89. The summed E-state index contributed by atoms with van der Waals surface area (Å²) in [5.74, 6) is -1.16. The zero-order valence-corrected chi connectivity index (χ0v) is 12.8. The van der Waals surface area contributed by atoms with Crippen LogP contribution < -0.4 is 0 Å². The Morgan fingerprint density at radius 2 is 2.04 bits per heavy atom. The summed E-state index contributed by atoms with van der Waals surface area (Å²) in [6.45, 7) is 0.642. The number of rotatable bonds is 1. The lowest BCUT2D eigenvalue weighted by atomic mass is 9.99. The van der Waals surface area contributed by atoms with Crippen molar-refractivity contribution in [2.75, 3.05) is 19.6 Å². The van der Waals surface area contributed by atoms with E-state index < -0.39 is 17.4 Å². The maximum Gasteiger partial charge on any atom is 0.217 e. The molecule has 7 nitrogen and oxygen atoms in total. The Morgan fingerprint density at radius 3 is 2.88 bits per heavy atom. The average molecular weight is 327 g/mol. The number of hydrogen-bond acceptors (Lipinski definition) is 6.